The van der Waals surface area contributed by atoms with Crippen molar-refractivity contribution in [3.05, 3.63) is 77.7 Å². The maximum atomic E-state index is 13.2. The number of pyridine rings is 1. The Morgan fingerprint density at radius 2 is 1.96 bits per heavy atom. The van der Waals surface area contributed by atoms with Gasteiger partial charge in [-0.2, -0.15) is 0 Å². The molecule has 2 aromatic carbocycles. The van der Waals surface area contributed by atoms with Gasteiger partial charge in [0, 0.05) is 11.9 Å². The minimum atomic E-state index is -0.335. The lowest BCUT2D eigenvalue weighted by Crippen LogP contribution is -2.13. The molecule has 5 nitrogen and oxygen atoms in total. The molecule has 3 aromatic rings. The van der Waals surface area contributed by atoms with E-state index in [0.29, 0.717) is 28.5 Å². The standard InChI is InChI=1S/C20H18FN3O2/c1-13-6-8-18(26-2)17(10-13)24-20(25)14-7-9-19(22-12-14)23-16-5-3-4-15(21)11-16/h3-12H,1-2H3,(H,22,23)(H,24,25). The average Bonchev–Trinajstić information content (AvgIpc) is 2.62. The number of anilines is 3. The number of carbonyl (C=O) groups excluding carboxylic acids is 1. The Morgan fingerprint density at radius 3 is 2.65 bits per heavy atom. The predicted octanol–water partition coefficient (Wildman–Crippen LogP) is 4.53. The quantitative estimate of drug-likeness (QED) is 0.709. The fourth-order valence-corrected chi connectivity index (χ4v) is 2.43. The first-order chi connectivity index (χ1) is 12.5. The third-order valence-corrected chi connectivity index (χ3v) is 3.73. The van der Waals surface area contributed by atoms with Crippen LogP contribution in [-0.4, -0.2) is 18.0 Å². The number of rotatable bonds is 5. The van der Waals surface area contributed by atoms with Crippen LogP contribution in [-0.2, 0) is 0 Å². The summed E-state index contributed by atoms with van der Waals surface area (Å²) in [5, 5.41) is 5.80. The van der Waals surface area contributed by atoms with E-state index in [-0.39, 0.29) is 11.7 Å². The summed E-state index contributed by atoms with van der Waals surface area (Å²) in [5.74, 6) is 0.471. The Kier molecular flexibility index (Phi) is 5.12. The van der Waals surface area contributed by atoms with Crippen molar-refractivity contribution in [2.75, 3.05) is 17.7 Å². The van der Waals surface area contributed by atoms with E-state index in [9.17, 15) is 9.18 Å². The zero-order valence-electron chi connectivity index (χ0n) is 14.4. The number of hydrogen-bond acceptors (Lipinski definition) is 4. The number of methoxy groups -OCH3 is 1. The van der Waals surface area contributed by atoms with Crippen LogP contribution in [0.2, 0.25) is 0 Å². The second kappa shape index (κ2) is 7.65. The van der Waals surface area contributed by atoms with E-state index in [1.54, 1.807) is 37.4 Å². The zero-order chi connectivity index (χ0) is 18.5. The number of carbonyl (C=O) groups is 1. The molecule has 1 heterocycles. The fraction of sp³-hybridized carbons (Fsp3) is 0.100. The lowest BCUT2D eigenvalue weighted by Gasteiger charge is -2.11. The van der Waals surface area contributed by atoms with Crippen LogP contribution in [0.25, 0.3) is 0 Å². The lowest BCUT2D eigenvalue weighted by atomic mass is 10.2. The summed E-state index contributed by atoms with van der Waals surface area (Å²) in [6.45, 7) is 1.93. The second-order valence-corrected chi connectivity index (χ2v) is 5.73. The smallest absolute Gasteiger partial charge is 0.257 e. The van der Waals surface area contributed by atoms with E-state index < -0.39 is 0 Å². The highest BCUT2D eigenvalue weighted by Gasteiger charge is 2.11. The van der Waals surface area contributed by atoms with E-state index in [4.69, 9.17) is 4.74 Å². The molecular weight excluding hydrogens is 333 g/mol. The van der Waals surface area contributed by atoms with E-state index in [2.05, 4.69) is 15.6 Å². The minimum Gasteiger partial charge on any atom is -0.495 e. The van der Waals surface area contributed by atoms with Crippen LogP contribution >= 0.6 is 0 Å². The summed E-state index contributed by atoms with van der Waals surface area (Å²) < 4.78 is 18.5. The predicted molar refractivity (Wildman–Crippen MR) is 99.6 cm³/mol. The summed E-state index contributed by atoms with van der Waals surface area (Å²) in [7, 11) is 1.55. The number of nitrogens with one attached hydrogen (secondary N) is 2. The van der Waals surface area contributed by atoms with Crippen molar-refractivity contribution in [2.45, 2.75) is 6.92 Å². The Hall–Kier alpha value is -3.41. The van der Waals surface area contributed by atoms with Crippen LogP contribution in [0.5, 0.6) is 5.75 Å². The summed E-state index contributed by atoms with van der Waals surface area (Å²) in [4.78, 5) is 16.6. The van der Waals surface area contributed by atoms with Gasteiger partial charge in [0.2, 0.25) is 0 Å². The molecule has 1 aromatic heterocycles. The molecule has 3 rings (SSSR count). The second-order valence-electron chi connectivity index (χ2n) is 5.73. The van der Waals surface area contributed by atoms with Gasteiger partial charge in [-0.05, 0) is 55.0 Å². The monoisotopic (exact) mass is 351 g/mol. The third kappa shape index (κ3) is 4.16. The lowest BCUT2D eigenvalue weighted by molar-refractivity contribution is 0.102. The molecule has 0 aliphatic carbocycles. The van der Waals surface area contributed by atoms with Crippen LogP contribution in [0, 0.1) is 12.7 Å². The molecule has 2 N–H and O–H groups in total. The van der Waals surface area contributed by atoms with Crippen molar-refractivity contribution in [3.63, 3.8) is 0 Å². The Morgan fingerprint density at radius 1 is 1.12 bits per heavy atom. The molecule has 0 unspecified atom stereocenters. The van der Waals surface area contributed by atoms with Crippen LogP contribution in [0.3, 0.4) is 0 Å². The molecule has 0 fully saturated rings. The first-order valence-corrected chi connectivity index (χ1v) is 8.00. The van der Waals surface area contributed by atoms with Gasteiger partial charge in [0.25, 0.3) is 5.91 Å². The molecule has 0 radical (unpaired) electrons. The fourth-order valence-electron chi connectivity index (χ4n) is 2.43. The molecule has 0 atom stereocenters. The average molecular weight is 351 g/mol. The van der Waals surface area contributed by atoms with Gasteiger partial charge in [0.15, 0.2) is 0 Å². The van der Waals surface area contributed by atoms with Crippen LogP contribution in [0.1, 0.15) is 15.9 Å². The number of ether oxygens (including phenoxy) is 1. The van der Waals surface area contributed by atoms with E-state index in [1.807, 2.05) is 19.1 Å². The van der Waals surface area contributed by atoms with Crippen LogP contribution in [0.4, 0.5) is 21.6 Å². The summed E-state index contributed by atoms with van der Waals surface area (Å²) in [6.07, 6.45) is 1.46. The molecule has 0 aliphatic heterocycles. The molecule has 0 aliphatic rings. The highest BCUT2D eigenvalue weighted by molar-refractivity contribution is 6.05. The number of amides is 1. The molecule has 26 heavy (non-hydrogen) atoms. The van der Waals surface area contributed by atoms with Gasteiger partial charge in [-0.1, -0.05) is 12.1 Å². The van der Waals surface area contributed by atoms with E-state index >= 15 is 0 Å². The molecule has 0 saturated heterocycles. The van der Waals surface area contributed by atoms with Gasteiger partial charge in [0.05, 0.1) is 18.4 Å². The van der Waals surface area contributed by atoms with Crippen molar-refractivity contribution in [1.29, 1.82) is 0 Å². The zero-order valence-corrected chi connectivity index (χ0v) is 14.4. The van der Waals surface area contributed by atoms with Crippen molar-refractivity contribution in [2.24, 2.45) is 0 Å². The molecule has 0 spiro atoms. The Bertz CT molecular complexity index is 927. The van der Waals surface area contributed by atoms with E-state index in [1.165, 1.54) is 18.3 Å². The van der Waals surface area contributed by atoms with Gasteiger partial charge < -0.3 is 15.4 Å². The topological polar surface area (TPSA) is 63.2 Å². The SMILES string of the molecule is COc1ccc(C)cc1NC(=O)c1ccc(Nc2cccc(F)c2)nc1. The first-order valence-electron chi connectivity index (χ1n) is 8.00. The highest BCUT2D eigenvalue weighted by Crippen LogP contribution is 2.26. The van der Waals surface area contributed by atoms with Gasteiger partial charge in [-0.15, -0.1) is 0 Å². The van der Waals surface area contributed by atoms with Gasteiger partial charge in [-0.25, -0.2) is 9.37 Å². The summed E-state index contributed by atoms with van der Waals surface area (Å²) in [6, 6.07) is 14.9. The number of aromatic nitrogens is 1. The number of nitrogens with zero attached hydrogens (tertiary/aromatic N) is 1. The first kappa shape index (κ1) is 17.4. The summed E-state index contributed by atoms with van der Waals surface area (Å²) in [5.41, 5.74) is 2.59. The molecule has 6 heteroatoms. The molecular formula is C20H18FN3O2. The maximum absolute atomic E-state index is 13.2. The van der Waals surface area contributed by atoms with E-state index in [0.717, 1.165) is 5.56 Å². The molecule has 132 valence electrons. The van der Waals surface area contributed by atoms with Crippen molar-refractivity contribution in [1.82, 2.24) is 4.98 Å². The number of hydrogen-bond donors (Lipinski definition) is 2. The molecule has 1 amide bonds. The molecule has 0 bridgehead atoms. The Labute approximate surface area is 150 Å². The van der Waals surface area contributed by atoms with Crippen LogP contribution < -0.4 is 15.4 Å². The largest absolute Gasteiger partial charge is 0.495 e. The summed E-state index contributed by atoms with van der Waals surface area (Å²) >= 11 is 0. The molecule has 0 saturated carbocycles. The normalized spacial score (nSPS) is 10.3. The van der Waals surface area contributed by atoms with Gasteiger partial charge >= 0.3 is 0 Å². The van der Waals surface area contributed by atoms with Crippen LogP contribution in [0.15, 0.2) is 60.8 Å². The number of halogens is 1. The van der Waals surface area contributed by atoms with Crippen molar-refractivity contribution >= 4 is 23.1 Å². The number of benzene rings is 2. The maximum Gasteiger partial charge on any atom is 0.257 e. The highest BCUT2D eigenvalue weighted by atomic mass is 19.1. The number of aryl methyl sites for hydroxylation is 1. The van der Waals surface area contributed by atoms with Crippen molar-refractivity contribution in [3.8, 4) is 5.75 Å². The van der Waals surface area contributed by atoms with Crippen molar-refractivity contribution < 1.29 is 13.9 Å². The Balaban J connectivity index is 1.72. The van der Waals surface area contributed by atoms with Gasteiger partial charge in [-0.3, -0.25) is 4.79 Å². The minimum absolute atomic E-state index is 0.293. The third-order valence-electron chi connectivity index (χ3n) is 3.73. The van der Waals surface area contributed by atoms with Gasteiger partial charge in [0.1, 0.15) is 17.4 Å².